The van der Waals surface area contributed by atoms with E-state index < -0.39 is 10.0 Å². The molecule has 1 N–H and O–H groups in total. The smallest absolute Gasteiger partial charge is 0.243 e. The van der Waals surface area contributed by atoms with E-state index in [1.54, 1.807) is 10.4 Å². The van der Waals surface area contributed by atoms with E-state index in [1.807, 2.05) is 33.0 Å². The molecular weight excluding hydrogens is 288 g/mol. The molecule has 0 radical (unpaired) electrons. The molecule has 0 aliphatic carbocycles. The molecule has 21 heavy (non-hydrogen) atoms. The van der Waals surface area contributed by atoms with Crippen molar-refractivity contribution < 1.29 is 13.2 Å². The van der Waals surface area contributed by atoms with Crippen LogP contribution in [0.3, 0.4) is 0 Å². The van der Waals surface area contributed by atoms with Crippen LogP contribution in [0.2, 0.25) is 0 Å². The number of hydrogen-bond donors (Lipinski definition) is 1. The summed E-state index contributed by atoms with van der Waals surface area (Å²) in [6.07, 6.45) is 0.646. The molecule has 0 spiro atoms. The van der Waals surface area contributed by atoms with Crippen LogP contribution >= 0.6 is 0 Å². The van der Waals surface area contributed by atoms with Gasteiger partial charge >= 0.3 is 0 Å². The summed E-state index contributed by atoms with van der Waals surface area (Å²) in [5, 5.41) is 3.06. The number of morpholine rings is 1. The van der Waals surface area contributed by atoms with Gasteiger partial charge in [-0.3, -0.25) is 0 Å². The monoisotopic (exact) mass is 312 g/mol. The molecule has 1 unspecified atom stereocenters. The zero-order valence-electron chi connectivity index (χ0n) is 12.9. The molecule has 1 atom stereocenters. The highest BCUT2D eigenvalue weighted by Crippen LogP contribution is 2.24. The summed E-state index contributed by atoms with van der Waals surface area (Å²) in [6.45, 7) is 5.84. The maximum absolute atomic E-state index is 12.9. The second-order valence-electron chi connectivity index (χ2n) is 5.37. The van der Waals surface area contributed by atoms with Crippen molar-refractivity contribution in [3.63, 3.8) is 0 Å². The molecule has 2 rings (SSSR count). The van der Waals surface area contributed by atoms with E-state index in [4.69, 9.17) is 4.74 Å². The van der Waals surface area contributed by atoms with Gasteiger partial charge in [0.15, 0.2) is 0 Å². The van der Waals surface area contributed by atoms with Crippen molar-refractivity contribution in [1.29, 1.82) is 0 Å². The van der Waals surface area contributed by atoms with Gasteiger partial charge in [-0.05, 0) is 37.6 Å². The predicted octanol–water partition coefficient (Wildman–Crippen LogP) is 1.38. The average molecular weight is 312 g/mol. The summed E-state index contributed by atoms with van der Waals surface area (Å²) in [5.41, 5.74) is 1.85. The van der Waals surface area contributed by atoms with Gasteiger partial charge in [0.2, 0.25) is 10.0 Å². The van der Waals surface area contributed by atoms with Crippen molar-refractivity contribution in [2.24, 2.45) is 0 Å². The second-order valence-corrected chi connectivity index (χ2v) is 7.28. The Morgan fingerprint density at radius 2 is 2.19 bits per heavy atom. The molecule has 1 aliphatic heterocycles. The van der Waals surface area contributed by atoms with Crippen molar-refractivity contribution >= 4 is 10.0 Å². The predicted molar refractivity (Wildman–Crippen MR) is 82.8 cm³/mol. The Bertz CT molecular complexity index is 587. The van der Waals surface area contributed by atoms with E-state index in [9.17, 15) is 8.42 Å². The number of aryl methyl sites for hydroxylation is 1. The highest BCUT2D eigenvalue weighted by atomic mass is 32.2. The second kappa shape index (κ2) is 6.87. The van der Waals surface area contributed by atoms with Crippen molar-refractivity contribution in [3.8, 4) is 0 Å². The van der Waals surface area contributed by atoms with Gasteiger partial charge in [-0.15, -0.1) is 0 Å². The number of nitrogens with one attached hydrogen (secondary N) is 1. The lowest BCUT2D eigenvalue weighted by Gasteiger charge is -2.31. The van der Waals surface area contributed by atoms with Gasteiger partial charge in [0.05, 0.1) is 17.6 Å². The minimum absolute atomic E-state index is 0.0564. The maximum atomic E-state index is 12.9. The van der Waals surface area contributed by atoms with Crippen LogP contribution in [0.25, 0.3) is 0 Å². The molecule has 1 aromatic carbocycles. The van der Waals surface area contributed by atoms with Crippen molar-refractivity contribution in [1.82, 2.24) is 9.62 Å². The zero-order valence-corrected chi connectivity index (χ0v) is 13.7. The third-order valence-electron chi connectivity index (χ3n) is 3.72. The topological polar surface area (TPSA) is 58.6 Å². The Morgan fingerprint density at radius 1 is 1.43 bits per heavy atom. The van der Waals surface area contributed by atoms with Gasteiger partial charge in [0, 0.05) is 19.6 Å². The molecule has 0 amide bonds. The SMILES string of the molecule is CCc1ccc(CNC)cc1S(=O)(=O)N1CCOC(C)C1. The summed E-state index contributed by atoms with van der Waals surface area (Å²) in [7, 11) is -1.60. The molecule has 5 nitrogen and oxygen atoms in total. The number of benzene rings is 1. The Kier molecular flexibility index (Phi) is 5.37. The first-order chi connectivity index (χ1) is 9.98. The average Bonchev–Trinajstić information content (AvgIpc) is 2.47. The van der Waals surface area contributed by atoms with E-state index in [1.165, 1.54) is 0 Å². The maximum Gasteiger partial charge on any atom is 0.243 e. The van der Waals surface area contributed by atoms with Gasteiger partial charge in [-0.25, -0.2) is 8.42 Å². The van der Waals surface area contributed by atoms with E-state index in [-0.39, 0.29) is 6.10 Å². The molecular formula is C15H24N2O3S. The molecule has 118 valence electrons. The number of ether oxygens (including phenoxy) is 1. The molecule has 0 bridgehead atoms. The van der Waals surface area contributed by atoms with Gasteiger partial charge in [-0.2, -0.15) is 4.31 Å². The van der Waals surface area contributed by atoms with Crippen LogP contribution in [0.5, 0.6) is 0 Å². The minimum atomic E-state index is -3.45. The standard InChI is InChI=1S/C15H24N2O3S/c1-4-14-6-5-13(10-16-3)9-15(14)21(18,19)17-7-8-20-12(2)11-17/h5-6,9,12,16H,4,7-8,10-11H2,1-3H3. The summed E-state index contributed by atoms with van der Waals surface area (Å²) >= 11 is 0. The highest BCUT2D eigenvalue weighted by molar-refractivity contribution is 7.89. The van der Waals surface area contributed by atoms with Crippen LogP contribution in [-0.2, 0) is 27.7 Å². The van der Waals surface area contributed by atoms with Crippen LogP contribution < -0.4 is 5.32 Å². The number of hydrogen-bond acceptors (Lipinski definition) is 4. The number of sulfonamides is 1. The molecule has 1 fully saturated rings. The summed E-state index contributed by atoms with van der Waals surface area (Å²) in [4.78, 5) is 0.437. The molecule has 1 saturated heterocycles. The van der Waals surface area contributed by atoms with Crippen molar-refractivity contribution in [3.05, 3.63) is 29.3 Å². The van der Waals surface area contributed by atoms with Crippen molar-refractivity contribution in [2.45, 2.75) is 37.8 Å². The fourth-order valence-corrected chi connectivity index (χ4v) is 4.43. The molecule has 1 aromatic rings. The Balaban J connectivity index is 2.39. The zero-order chi connectivity index (χ0) is 15.5. The van der Waals surface area contributed by atoms with Gasteiger partial charge in [0.25, 0.3) is 0 Å². The number of rotatable bonds is 5. The largest absolute Gasteiger partial charge is 0.376 e. The van der Waals surface area contributed by atoms with E-state index in [0.717, 1.165) is 11.1 Å². The Labute approximate surface area is 127 Å². The highest BCUT2D eigenvalue weighted by Gasteiger charge is 2.30. The molecule has 0 saturated carbocycles. The van der Waals surface area contributed by atoms with Crippen molar-refractivity contribution in [2.75, 3.05) is 26.7 Å². The molecule has 0 aromatic heterocycles. The Morgan fingerprint density at radius 3 is 2.81 bits per heavy atom. The summed E-state index contributed by atoms with van der Waals surface area (Å²) in [6, 6.07) is 5.70. The van der Waals surface area contributed by atoms with Gasteiger partial charge in [0.1, 0.15) is 0 Å². The van der Waals surface area contributed by atoms with Crippen LogP contribution in [0.1, 0.15) is 25.0 Å². The van der Waals surface area contributed by atoms with E-state index in [0.29, 0.717) is 37.6 Å². The molecule has 6 heteroatoms. The van der Waals surface area contributed by atoms with E-state index in [2.05, 4.69) is 5.32 Å². The van der Waals surface area contributed by atoms with Gasteiger partial charge in [-0.1, -0.05) is 19.1 Å². The lowest BCUT2D eigenvalue weighted by atomic mass is 10.1. The van der Waals surface area contributed by atoms with Crippen LogP contribution in [0.15, 0.2) is 23.1 Å². The van der Waals surface area contributed by atoms with E-state index >= 15 is 0 Å². The normalized spacial score (nSPS) is 20.6. The fourth-order valence-electron chi connectivity index (χ4n) is 2.59. The lowest BCUT2D eigenvalue weighted by Crippen LogP contribution is -2.44. The Hall–Kier alpha value is -0.950. The first-order valence-electron chi connectivity index (χ1n) is 7.37. The van der Waals surface area contributed by atoms with Crippen LogP contribution in [0.4, 0.5) is 0 Å². The van der Waals surface area contributed by atoms with Crippen LogP contribution in [-0.4, -0.2) is 45.6 Å². The first-order valence-corrected chi connectivity index (χ1v) is 8.81. The third kappa shape index (κ3) is 3.63. The lowest BCUT2D eigenvalue weighted by molar-refractivity contribution is 0.0101. The molecule has 1 aliphatic rings. The van der Waals surface area contributed by atoms with Crippen LogP contribution in [0, 0.1) is 0 Å². The quantitative estimate of drug-likeness (QED) is 0.892. The third-order valence-corrected chi connectivity index (χ3v) is 5.66. The first kappa shape index (κ1) is 16.4. The summed E-state index contributed by atoms with van der Waals surface area (Å²) < 4.78 is 32.8. The number of nitrogens with zero attached hydrogens (tertiary/aromatic N) is 1. The minimum Gasteiger partial charge on any atom is -0.376 e. The summed E-state index contributed by atoms with van der Waals surface area (Å²) in [5.74, 6) is 0. The van der Waals surface area contributed by atoms with Gasteiger partial charge < -0.3 is 10.1 Å². The fraction of sp³-hybridized carbons (Fsp3) is 0.600. The molecule has 1 heterocycles.